The fourth-order valence-corrected chi connectivity index (χ4v) is 4.41. The summed E-state index contributed by atoms with van der Waals surface area (Å²) >= 11 is 0. The van der Waals surface area contributed by atoms with Crippen LogP contribution in [0.25, 0.3) is 0 Å². The Bertz CT molecular complexity index is 810. The zero-order chi connectivity index (χ0) is 20.7. The van der Waals surface area contributed by atoms with Crippen molar-refractivity contribution >= 4 is 21.8 Å². The molecule has 9 heteroatoms. The summed E-state index contributed by atoms with van der Waals surface area (Å²) in [5, 5.41) is 2.88. The predicted octanol–water partition coefficient (Wildman–Crippen LogP) is 1.51. The fourth-order valence-electron chi connectivity index (χ4n) is 3.37. The molecule has 28 heavy (non-hydrogen) atoms. The number of rotatable bonds is 9. The number of hydrogen-bond acceptors (Lipinski definition) is 6. The van der Waals surface area contributed by atoms with Crippen LogP contribution in [0.3, 0.4) is 0 Å². The van der Waals surface area contributed by atoms with Crippen LogP contribution in [0.15, 0.2) is 23.1 Å². The van der Waals surface area contributed by atoms with Crippen LogP contribution in [-0.4, -0.2) is 57.9 Å². The molecule has 1 heterocycles. The number of carbonyl (C=O) groups is 2. The summed E-state index contributed by atoms with van der Waals surface area (Å²) in [5.41, 5.74) is 0.120. The number of nitrogens with zero attached hydrogens (tertiary/aromatic N) is 1. The first-order valence-electron chi connectivity index (χ1n) is 9.58. The number of sulfonamides is 1. The van der Waals surface area contributed by atoms with Gasteiger partial charge < -0.3 is 10.1 Å². The first-order chi connectivity index (χ1) is 13.3. The number of ether oxygens (including phenoxy) is 1. The van der Waals surface area contributed by atoms with Crippen molar-refractivity contribution in [3.8, 4) is 5.75 Å². The Morgan fingerprint density at radius 1 is 1.29 bits per heavy atom. The highest BCUT2D eigenvalue weighted by molar-refractivity contribution is 7.90. The summed E-state index contributed by atoms with van der Waals surface area (Å²) in [6, 6.07) is 4.25. The number of nitrogens with one attached hydrogen (secondary N) is 2. The standard InChI is InChI=1S/C19H29N3O5S/c1-4-7-18(23)21-28(25,26)15-9-10-17(27-3)16(12-15)19(24)20-13-14-8-6-11-22(14)5-2/h9-10,12,14H,4-8,11,13H2,1-3H3,(H,20,24)(H,21,23). The van der Waals surface area contributed by atoms with Crippen LogP contribution in [0.1, 0.15) is 49.9 Å². The van der Waals surface area contributed by atoms with Crippen LogP contribution in [-0.2, 0) is 14.8 Å². The molecule has 1 aliphatic heterocycles. The third-order valence-electron chi connectivity index (χ3n) is 4.85. The number of amides is 2. The molecule has 0 spiro atoms. The molecule has 0 saturated carbocycles. The highest BCUT2D eigenvalue weighted by Gasteiger charge is 2.25. The number of methoxy groups -OCH3 is 1. The van der Waals surface area contributed by atoms with Gasteiger partial charge in [0.15, 0.2) is 0 Å². The molecule has 1 fully saturated rings. The first-order valence-corrected chi connectivity index (χ1v) is 11.1. The number of carbonyl (C=O) groups excluding carboxylic acids is 2. The largest absolute Gasteiger partial charge is 0.496 e. The molecule has 0 aromatic heterocycles. The number of likely N-dealkylation sites (N-methyl/N-ethyl adjacent to an activating group) is 1. The van der Waals surface area contributed by atoms with E-state index in [9.17, 15) is 18.0 Å². The molecule has 156 valence electrons. The Morgan fingerprint density at radius 2 is 2.04 bits per heavy atom. The smallest absolute Gasteiger partial charge is 0.264 e. The van der Waals surface area contributed by atoms with E-state index in [4.69, 9.17) is 4.74 Å². The minimum atomic E-state index is -4.05. The van der Waals surface area contributed by atoms with Gasteiger partial charge in [0.1, 0.15) is 5.75 Å². The lowest BCUT2D eigenvalue weighted by molar-refractivity contribution is -0.119. The molecule has 2 rings (SSSR count). The summed E-state index contributed by atoms with van der Waals surface area (Å²) in [4.78, 5) is 26.5. The van der Waals surface area contributed by atoms with E-state index in [0.29, 0.717) is 13.0 Å². The molecule has 1 aliphatic rings. The van der Waals surface area contributed by atoms with Crippen LogP contribution >= 0.6 is 0 Å². The summed E-state index contributed by atoms with van der Waals surface area (Å²) < 4.78 is 32.1. The highest BCUT2D eigenvalue weighted by Crippen LogP contribution is 2.23. The molecule has 8 nitrogen and oxygen atoms in total. The van der Waals surface area contributed by atoms with E-state index in [1.165, 1.54) is 25.3 Å². The monoisotopic (exact) mass is 411 g/mol. The summed E-state index contributed by atoms with van der Waals surface area (Å²) in [6.45, 7) is 6.30. The van der Waals surface area contributed by atoms with E-state index in [-0.39, 0.29) is 28.7 Å². The second kappa shape index (κ2) is 9.88. The van der Waals surface area contributed by atoms with Crippen LogP contribution in [0.5, 0.6) is 5.75 Å². The minimum Gasteiger partial charge on any atom is -0.496 e. The van der Waals surface area contributed by atoms with Gasteiger partial charge in [0, 0.05) is 19.0 Å². The molecule has 1 atom stereocenters. The van der Waals surface area contributed by atoms with Gasteiger partial charge in [-0.15, -0.1) is 0 Å². The second-order valence-electron chi connectivity index (χ2n) is 6.78. The van der Waals surface area contributed by atoms with Crippen LogP contribution in [0.4, 0.5) is 0 Å². The van der Waals surface area contributed by atoms with Gasteiger partial charge in [0.25, 0.3) is 15.9 Å². The molecule has 0 bridgehead atoms. The lowest BCUT2D eigenvalue weighted by Crippen LogP contribution is -2.40. The Kier molecular flexibility index (Phi) is 7.82. The SMILES string of the molecule is CCCC(=O)NS(=O)(=O)c1ccc(OC)c(C(=O)NCC2CCCN2CC)c1. The van der Waals surface area contributed by atoms with Crippen molar-refractivity contribution in [3.05, 3.63) is 23.8 Å². The number of likely N-dealkylation sites (tertiary alicyclic amines) is 1. The van der Waals surface area contributed by atoms with E-state index in [0.717, 1.165) is 25.9 Å². The molecule has 0 radical (unpaired) electrons. The van der Waals surface area contributed by atoms with Crippen LogP contribution in [0.2, 0.25) is 0 Å². The zero-order valence-corrected chi connectivity index (χ0v) is 17.5. The van der Waals surface area contributed by atoms with E-state index in [1.807, 2.05) is 4.72 Å². The molecule has 0 aliphatic carbocycles. The maximum absolute atomic E-state index is 12.7. The van der Waals surface area contributed by atoms with Gasteiger partial charge in [-0.05, 0) is 50.6 Å². The van der Waals surface area contributed by atoms with Crippen molar-refractivity contribution in [2.24, 2.45) is 0 Å². The average Bonchev–Trinajstić information content (AvgIpc) is 3.12. The van der Waals surface area contributed by atoms with E-state index in [1.54, 1.807) is 6.92 Å². The number of hydrogen-bond donors (Lipinski definition) is 2. The van der Waals surface area contributed by atoms with Crippen molar-refractivity contribution in [2.45, 2.75) is 50.5 Å². The molecule has 2 amide bonds. The third-order valence-corrected chi connectivity index (χ3v) is 6.23. The van der Waals surface area contributed by atoms with Crippen molar-refractivity contribution in [3.63, 3.8) is 0 Å². The van der Waals surface area contributed by atoms with Crippen LogP contribution in [0, 0.1) is 0 Å². The van der Waals surface area contributed by atoms with Gasteiger partial charge in [0.05, 0.1) is 17.6 Å². The van der Waals surface area contributed by atoms with Gasteiger partial charge >= 0.3 is 0 Å². The average molecular weight is 412 g/mol. The first kappa shape index (κ1) is 22.2. The lowest BCUT2D eigenvalue weighted by Gasteiger charge is -2.23. The Balaban J connectivity index is 2.17. The van der Waals surface area contributed by atoms with E-state index in [2.05, 4.69) is 17.1 Å². The lowest BCUT2D eigenvalue weighted by atomic mass is 10.1. The molecular weight excluding hydrogens is 382 g/mol. The maximum Gasteiger partial charge on any atom is 0.264 e. The Morgan fingerprint density at radius 3 is 2.68 bits per heavy atom. The molecule has 1 saturated heterocycles. The van der Waals surface area contributed by atoms with Gasteiger partial charge in [0.2, 0.25) is 5.91 Å². The molecule has 1 aromatic rings. The molecular formula is C19H29N3O5S. The van der Waals surface area contributed by atoms with Crippen molar-refractivity contribution in [2.75, 3.05) is 26.7 Å². The molecule has 1 unspecified atom stereocenters. The van der Waals surface area contributed by atoms with Gasteiger partial charge in [-0.1, -0.05) is 13.8 Å². The normalized spacial score (nSPS) is 17.3. The van der Waals surface area contributed by atoms with Crippen molar-refractivity contribution in [1.82, 2.24) is 14.9 Å². The van der Waals surface area contributed by atoms with E-state index >= 15 is 0 Å². The predicted molar refractivity (Wildman–Crippen MR) is 106 cm³/mol. The van der Waals surface area contributed by atoms with E-state index < -0.39 is 21.8 Å². The summed E-state index contributed by atoms with van der Waals surface area (Å²) in [5.74, 6) is -0.711. The quantitative estimate of drug-likeness (QED) is 0.638. The van der Waals surface area contributed by atoms with Gasteiger partial charge in [-0.3, -0.25) is 14.5 Å². The van der Waals surface area contributed by atoms with Crippen molar-refractivity contribution < 1.29 is 22.7 Å². The maximum atomic E-state index is 12.7. The summed E-state index contributed by atoms with van der Waals surface area (Å²) in [7, 11) is -2.63. The molecule has 1 aromatic carbocycles. The Labute approximate surface area is 166 Å². The fraction of sp³-hybridized carbons (Fsp3) is 0.579. The summed E-state index contributed by atoms with van der Waals surface area (Å²) in [6.07, 6.45) is 2.76. The second-order valence-corrected chi connectivity index (χ2v) is 8.46. The van der Waals surface area contributed by atoms with Gasteiger partial charge in [-0.25, -0.2) is 13.1 Å². The zero-order valence-electron chi connectivity index (χ0n) is 16.7. The third kappa shape index (κ3) is 5.45. The van der Waals surface area contributed by atoms with Gasteiger partial charge in [-0.2, -0.15) is 0 Å². The minimum absolute atomic E-state index is 0.109. The molecule has 2 N–H and O–H groups in total. The topological polar surface area (TPSA) is 105 Å². The van der Waals surface area contributed by atoms with Crippen molar-refractivity contribution in [1.29, 1.82) is 0 Å². The highest BCUT2D eigenvalue weighted by atomic mass is 32.2. The Hall–Kier alpha value is -2.13. The number of benzene rings is 1. The van der Waals surface area contributed by atoms with Crippen LogP contribution < -0.4 is 14.8 Å².